The van der Waals surface area contributed by atoms with Crippen LogP contribution in [0.25, 0.3) is 0 Å². The van der Waals surface area contributed by atoms with E-state index in [1.165, 1.54) is 0 Å². The summed E-state index contributed by atoms with van der Waals surface area (Å²) in [5.41, 5.74) is 0. The van der Waals surface area contributed by atoms with Crippen LogP contribution in [0.2, 0.25) is 0 Å². The van der Waals surface area contributed by atoms with Crippen molar-refractivity contribution < 1.29 is 9.90 Å². The van der Waals surface area contributed by atoms with Gasteiger partial charge >= 0.3 is 5.97 Å². The normalized spacial score (nSPS) is 7.00. The maximum Gasteiger partial charge on any atom is 0.303 e. The number of aliphatic carboxylic acids is 1. The third-order valence-electron chi connectivity index (χ3n) is 0.464. The Balaban J connectivity index is 0. The second-order valence-electron chi connectivity index (χ2n) is 1.14. The van der Waals surface area contributed by atoms with E-state index >= 15 is 0 Å². The van der Waals surface area contributed by atoms with Gasteiger partial charge in [-0.1, -0.05) is 6.92 Å². The molecule has 0 aliphatic rings. The molecule has 0 amide bonds. The van der Waals surface area contributed by atoms with Crippen molar-refractivity contribution in [2.75, 3.05) is 0 Å². The van der Waals surface area contributed by atoms with E-state index in [1.54, 1.807) is 0 Å². The number of hydrogen-bond acceptors (Lipinski definition) is 1. The zero-order valence-corrected chi connectivity index (χ0v) is 6.77. The molecular weight excluding hydrogens is 105 g/mol. The second kappa shape index (κ2) is 6.47. The van der Waals surface area contributed by atoms with Crippen LogP contribution < -0.4 is 0 Å². The van der Waals surface area contributed by atoms with Gasteiger partial charge in [-0.3, -0.25) is 4.79 Å². The standard InChI is InChI=1S/C4H8O2.Na/c1-2-3-4(5)6;/h2-3H2,1H3,(H,5,6);/i4+2;. The van der Waals surface area contributed by atoms with E-state index in [1.807, 2.05) is 6.92 Å². The molecule has 37 valence electrons. The first-order chi connectivity index (χ1) is 2.77. The molecule has 1 radical (unpaired) electrons. The topological polar surface area (TPSA) is 37.3 Å². The van der Waals surface area contributed by atoms with Crippen molar-refractivity contribution >= 4 is 35.5 Å². The van der Waals surface area contributed by atoms with E-state index in [4.69, 9.17) is 5.11 Å². The molecule has 0 saturated heterocycles. The smallest absolute Gasteiger partial charge is 0.303 e. The van der Waals surface area contributed by atoms with Crippen LogP contribution in [-0.4, -0.2) is 40.6 Å². The predicted molar refractivity (Wildman–Crippen MR) is 28.3 cm³/mol. The van der Waals surface area contributed by atoms with Crippen molar-refractivity contribution in [3.05, 3.63) is 0 Å². The van der Waals surface area contributed by atoms with Crippen LogP contribution in [0.3, 0.4) is 0 Å². The molecule has 0 aliphatic carbocycles. The summed E-state index contributed by atoms with van der Waals surface area (Å²) in [6.45, 7) is 1.84. The molecule has 3 heteroatoms. The van der Waals surface area contributed by atoms with E-state index in [0.717, 1.165) is 6.42 Å². The molecular formula is C4H8NaO2. The Hall–Kier alpha value is 0.470. The van der Waals surface area contributed by atoms with Crippen molar-refractivity contribution in [3.8, 4) is 0 Å². The second-order valence-corrected chi connectivity index (χ2v) is 1.14. The van der Waals surface area contributed by atoms with E-state index in [9.17, 15) is 4.79 Å². The van der Waals surface area contributed by atoms with Gasteiger partial charge in [0.15, 0.2) is 0 Å². The molecule has 0 spiro atoms. The van der Waals surface area contributed by atoms with Crippen molar-refractivity contribution in [2.24, 2.45) is 0 Å². The summed E-state index contributed by atoms with van der Waals surface area (Å²) in [4.78, 5) is 9.60. The summed E-state index contributed by atoms with van der Waals surface area (Å²) in [6, 6.07) is 0. The molecule has 0 aromatic heterocycles. The van der Waals surface area contributed by atoms with Gasteiger partial charge in [-0.25, -0.2) is 0 Å². The number of rotatable bonds is 2. The van der Waals surface area contributed by atoms with Crippen molar-refractivity contribution in [3.63, 3.8) is 0 Å². The minimum atomic E-state index is -0.711. The Morgan fingerprint density at radius 3 is 2.14 bits per heavy atom. The van der Waals surface area contributed by atoms with E-state index in [-0.39, 0.29) is 29.6 Å². The predicted octanol–water partition coefficient (Wildman–Crippen LogP) is 0.490. The molecule has 0 fully saturated rings. The summed E-state index contributed by atoms with van der Waals surface area (Å²) < 4.78 is 0. The van der Waals surface area contributed by atoms with Crippen LogP contribution in [0.4, 0.5) is 0 Å². The molecule has 0 atom stereocenters. The molecule has 0 aromatic carbocycles. The molecule has 1 N–H and O–H groups in total. The number of hydrogen-bond donors (Lipinski definition) is 1. The molecule has 0 heterocycles. The van der Waals surface area contributed by atoms with Gasteiger partial charge in [-0.05, 0) is 6.42 Å². The van der Waals surface area contributed by atoms with Crippen LogP contribution in [-0.2, 0) is 4.79 Å². The van der Waals surface area contributed by atoms with E-state index in [2.05, 4.69) is 0 Å². The zero-order chi connectivity index (χ0) is 4.99. The average molecular weight is 113 g/mol. The summed E-state index contributed by atoms with van der Waals surface area (Å²) >= 11 is 0. The summed E-state index contributed by atoms with van der Waals surface area (Å²) in [6.07, 6.45) is 1.02. The van der Waals surface area contributed by atoms with Gasteiger partial charge in [0.1, 0.15) is 0 Å². The van der Waals surface area contributed by atoms with Gasteiger partial charge < -0.3 is 5.11 Å². The fourth-order valence-corrected chi connectivity index (χ4v) is 0.214. The third kappa shape index (κ3) is 10.7. The third-order valence-corrected chi connectivity index (χ3v) is 0.464. The Bertz CT molecular complexity index is 53.7. The first-order valence-corrected chi connectivity index (χ1v) is 1.99. The first-order valence-electron chi connectivity index (χ1n) is 1.99. The maximum absolute atomic E-state index is 9.60. The monoisotopic (exact) mass is 113 g/mol. The molecule has 0 bridgehead atoms. The maximum atomic E-state index is 9.60. The van der Waals surface area contributed by atoms with Crippen molar-refractivity contribution in [1.29, 1.82) is 0 Å². The van der Waals surface area contributed by atoms with E-state index < -0.39 is 5.97 Å². The summed E-state index contributed by atoms with van der Waals surface area (Å²) in [7, 11) is 0. The molecule has 0 unspecified atom stereocenters. The van der Waals surface area contributed by atoms with Gasteiger partial charge in [0.25, 0.3) is 0 Å². The molecule has 0 aliphatic heterocycles. The zero-order valence-electron chi connectivity index (χ0n) is 4.77. The average Bonchev–Trinajstić information content (AvgIpc) is 1.35. The van der Waals surface area contributed by atoms with Gasteiger partial charge in [0.05, 0.1) is 0 Å². The van der Waals surface area contributed by atoms with Gasteiger partial charge in [0, 0.05) is 36.0 Å². The molecule has 0 rings (SSSR count). The first kappa shape index (κ1) is 10.5. The van der Waals surface area contributed by atoms with E-state index in [0.29, 0.717) is 6.42 Å². The Labute approximate surface area is 65.2 Å². The minimum absolute atomic E-state index is 0. The van der Waals surface area contributed by atoms with Crippen LogP contribution >= 0.6 is 0 Å². The molecule has 0 aromatic rings. The SMILES string of the molecule is CCC[14C](=O)O.[Na]. The van der Waals surface area contributed by atoms with Crippen LogP contribution in [0.5, 0.6) is 0 Å². The largest absolute Gasteiger partial charge is 0.481 e. The number of carbonyl (C=O) groups is 1. The minimum Gasteiger partial charge on any atom is -0.481 e. The summed E-state index contributed by atoms with van der Waals surface area (Å²) in [5.74, 6) is -0.711. The summed E-state index contributed by atoms with van der Waals surface area (Å²) in [5, 5.41) is 7.91. The van der Waals surface area contributed by atoms with Gasteiger partial charge in [-0.2, -0.15) is 0 Å². The van der Waals surface area contributed by atoms with Crippen LogP contribution in [0.15, 0.2) is 0 Å². The molecule has 0 saturated carbocycles. The fraction of sp³-hybridized carbons (Fsp3) is 0.750. The van der Waals surface area contributed by atoms with Crippen molar-refractivity contribution in [1.82, 2.24) is 0 Å². The molecule has 7 heavy (non-hydrogen) atoms. The Morgan fingerprint density at radius 1 is 1.71 bits per heavy atom. The molecule has 2 nitrogen and oxygen atoms in total. The Morgan fingerprint density at radius 2 is 2.14 bits per heavy atom. The van der Waals surface area contributed by atoms with Crippen LogP contribution in [0, 0.1) is 0 Å². The Kier molecular flexibility index (Phi) is 9.66. The fourth-order valence-electron chi connectivity index (χ4n) is 0.214. The number of carboxylic acid groups (broad SMARTS) is 1. The number of carboxylic acids is 1. The van der Waals surface area contributed by atoms with Crippen LogP contribution in [0.1, 0.15) is 19.8 Å². The van der Waals surface area contributed by atoms with Gasteiger partial charge in [-0.15, -0.1) is 0 Å². The van der Waals surface area contributed by atoms with Crippen molar-refractivity contribution in [2.45, 2.75) is 19.8 Å². The quantitative estimate of drug-likeness (QED) is 0.529. The van der Waals surface area contributed by atoms with Gasteiger partial charge in [0.2, 0.25) is 0 Å².